The molecule has 0 aliphatic rings. The zero-order chi connectivity index (χ0) is 10.8. The Morgan fingerprint density at radius 2 is 2.13 bits per heavy atom. The van der Waals surface area contributed by atoms with E-state index in [0.29, 0.717) is 11.4 Å². The molecule has 1 aromatic carbocycles. The fraction of sp³-hybridized carbons (Fsp3) is 0.333. The van der Waals surface area contributed by atoms with Gasteiger partial charge in [-0.25, -0.2) is 14.4 Å². The third-order valence-electron chi connectivity index (χ3n) is 2.71. The number of fused-ring (bicyclic) bond motifs is 1. The summed E-state index contributed by atoms with van der Waals surface area (Å²) in [5.41, 5.74) is 1.68. The average Bonchev–Trinajstić information content (AvgIpc) is 2.26. The lowest BCUT2D eigenvalue weighted by Crippen LogP contribution is -1.98. The van der Waals surface area contributed by atoms with Crippen LogP contribution in [-0.2, 0) is 0 Å². The van der Waals surface area contributed by atoms with Crippen LogP contribution in [0.5, 0.6) is 0 Å². The van der Waals surface area contributed by atoms with E-state index >= 15 is 0 Å². The van der Waals surface area contributed by atoms with Crippen molar-refractivity contribution in [1.82, 2.24) is 9.97 Å². The fourth-order valence-electron chi connectivity index (χ4n) is 1.64. The van der Waals surface area contributed by atoms with Gasteiger partial charge in [-0.1, -0.05) is 13.8 Å². The van der Waals surface area contributed by atoms with Crippen LogP contribution in [0.1, 0.15) is 31.9 Å². The topological polar surface area (TPSA) is 25.8 Å². The van der Waals surface area contributed by atoms with E-state index in [9.17, 15) is 4.39 Å². The molecule has 1 heterocycles. The highest BCUT2D eigenvalue weighted by Gasteiger charge is 2.09. The minimum absolute atomic E-state index is 0.253. The molecule has 1 unspecified atom stereocenters. The van der Waals surface area contributed by atoms with Crippen molar-refractivity contribution in [3.05, 3.63) is 36.0 Å². The summed E-state index contributed by atoms with van der Waals surface area (Å²) in [5, 5.41) is 0.952. The summed E-state index contributed by atoms with van der Waals surface area (Å²) >= 11 is 0. The minimum atomic E-state index is -0.253. The van der Waals surface area contributed by atoms with Crippen LogP contribution in [0.25, 0.3) is 10.9 Å². The number of hydrogen-bond donors (Lipinski definition) is 0. The van der Waals surface area contributed by atoms with Gasteiger partial charge in [0.15, 0.2) is 0 Å². The first-order chi connectivity index (χ1) is 7.22. The van der Waals surface area contributed by atoms with Crippen molar-refractivity contribution < 1.29 is 4.39 Å². The highest BCUT2D eigenvalue weighted by Crippen LogP contribution is 2.24. The molecule has 0 aliphatic carbocycles. The summed E-state index contributed by atoms with van der Waals surface area (Å²) in [6.07, 6.45) is 2.52. The van der Waals surface area contributed by atoms with Crippen molar-refractivity contribution in [2.75, 3.05) is 0 Å². The van der Waals surface area contributed by atoms with E-state index < -0.39 is 0 Å². The number of rotatable bonds is 2. The van der Waals surface area contributed by atoms with E-state index in [-0.39, 0.29) is 5.82 Å². The third kappa shape index (κ3) is 1.82. The Balaban J connectivity index is 2.66. The number of aromatic nitrogens is 2. The van der Waals surface area contributed by atoms with Gasteiger partial charge in [0.05, 0.1) is 11.2 Å². The molecular weight excluding hydrogens is 191 g/mol. The first-order valence-electron chi connectivity index (χ1n) is 5.12. The molecule has 0 N–H and O–H groups in total. The van der Waals surface area contributed by atoms with Gasteiger partial charge < -0.3 is 0 Å². The molecule has 0 spiro atoms. The van der Waals surface area contributed by atoms with Gasteiger partial charge in [0.1, 0.15) is 12.1 Å². The highest BCUT2D eigenvalue weighted by atomic mass is 19.1. The Bertz CT molecular complexity index is 482. The maximum atomic E-state index is 13.0. The van der Waals surface area contributed by atoms with Gasteiger partial charge in [0.25, 0.3) is 0 Å². The van der Waals surface area contributed by atoms with E-state index in [1.54, 1.807) is 6.07 Å². The van der Waals surface area contributed by atoms with Crippen LogP contribution in [-0.4, -0.2) is 9.97 Å². The summed E-state index contributed by atoms with van der Waals surface area (Å²) in [5.74, 6) is 0.122. The van der Waals surface area contributed by atoms with Crippen LogP contribution in [0.4, 0.5) is 4.39 Å². The third-order valence-corrected chi connectivity index (χ3v) is 2.71. The monoisotopic (exact) mass is 204 g/mol. The molecular formula is C12H13FN2. The number of halogens is 1. The Morgan fingerprint density at radius 3 is 2.87 bits per heavy atom. The average molecular weight is 204 g/mol. The standard InChI is InChI=1S/C12H13FN2/c1-3-8(2)12-10-5-4-9(13)6-11(10)14-7-15-12/h4-8H,3H2,1-2H3. The van der Waals surface area contributed by atoms with Crippen LogP contribution in [0, 0.1) is 5.82 Å². The van der Waals surface area contributed by atoms with Gasteiger partial charge in [-0.15, -0.1) is 0 Å². The zero-order valence-corrected chi connectivity index (χ0v) is 8.87. The predicted molar refractivity (Wildman–Crippen MR) is 58.2 cm³/mol. The van der Waals surface area contributed by atoms with Crippen molar-refractivity contribution >= 4 is 10.9 Å². The lowest BCUT2D eigenvalue weighted by atomic mass is 10.0. The number of nitrogens with zero attached hydrogens (tertiary/aromatic N) is 2. The van der Waals surface area contributed by atoms with Gasteiger partial charge in [-0.2, -0.15) is 0 Å². The SMILES string of the molecule is CCC(C)c1ncnc2cc(F)ccc12. The predicted octanol–water partition coefficient (Wildman–Crippen LogP) is 3.28. The van der Waals surface area contributed by atoms with Crippen LogP contribution >= 0.6 is 0 Å². The summed E-state index contributed by atoms with van der Waals surface area (Å²) < 4.78 is 13.0. The summed E-state index contributed by atoms with van der Waals surface area (Å²) in [6.45, 7) is 4.23. The van der Waals surface area contributed by atoms with Gasteiger partial charge in [-0.3, -0.25) is 0 Å². The normalized spacial score (nSPS) is 13.0. The molecule has 2 rings (SSSR count). The van der Waals surface area contributed by atoms with Crippen molar-refractivity contribution in [2.24, 2.45) is 0 Å². The quantitative estimate of drug-likeness (QED) is 0.750. The molecule has 1 atom stereocenters. The molecule has 78 valence electrons. The van der Waals surface area contributed by atoms with E-state index in [2.05, 4.69) is 23.8 Å². The van der Waals surface area contributed by atoms with Crippen molar-refractivity contribution in [1.29, 1.82) is 0 Å². The second-order valence-electron chi connectivity index (χ2n) is 3.73. The van der Waals surface area contributed by atoms with Crippen molar-refractivity contribution in [3.8, 4) is 0 Å². The highest BCUT2D eigenvalue weighted by molar-refractivity contribution is 5.81. The number of hydrogen-bond acceptors (Lipinski definition) is 2. The van der Waals surface area contributed by atoms with Crippen molar-refractivity contribution in [3.63, 3.8) is 0 Å². The lowest BCUT2D eigenvalue weighted by Gasteiger charge is -2.10. The largest absolute Gasteiger partial charge is 0.240 e. The Morgan fingerprint density at radius 1 is 1.33 bits per heavy atom. The Kier molecular flexibility index (Phi) is 2.62. The van der Waals surface area contributed by atoms with E-state index in [1.165, 1.54) is 18.5 Å². The molecule has 2 nitrogen and oxygen atoms in total. The molecule has 0 bridgehead atoms. The first kappa shape index (κ1) is 10.0. The first-order valence-corrected chi connectivity index (χ1v) is 5.12. The molecule has 0 saturated heterocycles. The van der Waals surface area contributed by atoms with Gasteiger partial charge in [-0.05, 0) is 24.5 Å². The van der Waals surface area contributed by atoms with Gasteiger partial charge in [0, 0.05) is 11.5 Å². The van der Waals surface area contributed by atoms with Crippen molar-refractivity contribution in [2.45, 2.75) is 26.2 Å². The molecule has 0 amide bonds. The minimum Gasteiger partial charge on any atom is -0.240 e. The second kappa shape index (κ2) is 3.93. The molecule has 0 radical (unpaired) electrons. The molecule has 3 heteroatoms. The maximum absolute atomic E-state index is 13.0. The fourth-order valence-corrected chi connectivity index (χ4v) is 1.64. The Labute approximate surface area is 88.2 Å². The van der Waals surface area contributed by atoms with Crippen LogP contribution in [0.15, 0.2) is 24.5 Å². The zero-order valence-electron chi connectivity index (χ0n) is 8.87. The van der Waals surface area contributed by atoms with Gasteiger partial charge >= 0.3 is 0 Å². The van der Waals surface area contributed by atoms with Crippen LogP contribution in [0.3, 0.4) is 0 Å². The summed E-state index contributed by atoms with van der Waals surface area (Å²) in [6, 6.07) is 4.66. The molecule has 2 aromatic rings. The van der Waals surface area contributed by atoms with E-state index in [0.717, 1.165) is 17.5 Å². The van der Waals surface area contributed by atoms with E-state index in [1.807, 2.05) is 0 Å². The number of benzene rings is 1. The molecule has 0 saturated carbocycles. The molecule has 15 heavy (non-hydrogen) atoms. The van der Waals surface area contributed by atoms with Crippen LogP contribution < -0.4 is 0 Å². The summed E-state index contributed by atoms with van der Waals surface area (Å²) in [4.78, 5) is 8.34. The van der Waals surface area contributed by atoms with Gasteiger partial charge in [0.2, 0.25) is 0 Å². The lowest BCUT2D eigenvalue weighted by molar-refractivity contribution is 0.629. The van der Waals surface area contributed by atoms with E-state index in [4.69, 9.17) is 0 Å². The van der Waals surface area contributed by atoms with Crippen LogP contribution in [0.2, 0.25) is 0 Å². The molecule has 0 fully saturated rings. The maximum Gasteiger partial charge on any atom is 0.125 e. The molecule has 0 aliphatic heterocycles. The summed E-state index contributed by atoms with van der Waals surface area (Å²) in [7, 11) is 0. The molecule has 1 aromatic heterocycles. The second-order valence-corrected chi connectivity index (χ2v) is 3.73. The Hall–Kier alpha value is -1.51. The smallest absolute Gasteiger partial charge is 0.125 e.